The molecule has 15 heteroatoms. The maximum absolute atomic E-state index is 12.8. The summed E-state index contributed by atoms with van der Waals surface area (Å²) < 4.78 is 0. The predicted molar refractivity (Wildman–Crippen MR) is 124 cm³/mol. The van der Waals surface area contributed by atoms with Gasteiger partial charge >= 0.3 is 17.9 Å². The number of primary amides is 1. The molecule has 0 aromatic heterocycles. The van der Waals surface area contributed by atoms with E-state index in [9.17, 15) is 43.8 Å². The fraction of sp³-hybridized carbons (Fsp3) is 0.409. The number of benzene rings is 1. The fourth-order valence-electron chi connectivity index (χ4n) is 3.08. The Kier molecular flexibility index (Phi) is 12.2. The molecule has 0 heterocycles. The summed E-state index contributed by atoms with van der Waals surface area (Å²) >= 11 is 0. The van der Waals surface area contributed by atoms with Gasteiger partial charge in [-0.1, -0.05) is 30.3 Å². The number of carbonyl (C=O) groups is 7. The first-order chi connectivity index (χ1) is 17.3. The first-order valence-electron chi connectivity index (χ1n) is 11.0. The molecular weight excluding hydrogens is 494 g/mol. The maximum atomic E-state index is 12.8. The summed E-state index contributed by atoms with van der Waals surface area (Å²) in [4.78, 5) is 82.8. The van der Waals surface area contributed by atoms with Crippen molar-refractivity contribution >= 4 is 41.5 Å². The van der Waals surface area contributed by atoms with Crippen molar-refractivity contribution in [2.45, 2.75) is 56.3 Å². The summed E-state index contributed by atoms with van der Waals surface area (Å²) in [5, 5.41) is 33.7. The molecule has 1 aromatic rings. The molecule has 15 nitrogen and oxygen atoms in total. The van der Waals surface area contributed by atoms with Crippen LogP contribution in [0.5, 0.6) is 0 Å². The Hall–Kier alpha value is -4.53. The lowest BCUT2D eigenvalue weighted by atomic mass is 10.0. The predicted octanol–water partition coefficient (Wildman–Crippen LogP) is -2.69. The number of carbonyl (C=O) groups excluding carboxylic acids is 4. The van der Waals surface area contributed by atoms with Gasteiger partial charge in [-0.25, -0.2) is 4.79 Å². The molecule has 4 amide bonds. The zero-order valence-corrected chi connectivity index (χ0v) is 19.6. The second kappa shape index (κ2) is 14.8. The summed E-state index contributed by atoms with van der Waals surface area (Å²) in [5.74, 6) is -8.48. The van der Waals surface area contributed by atoms with Gasteiger partial charge in [-0.05, 0) is 12.0 Å². The highest BCUT2D eigenvalue weighted by Crippen LogP contribution is 2.06. The van der Waals surface area contributed by atoms with Crippen LogP contribution in [0.15, 0.2) is 30.3 Å². The zero-order valence-electron chi connectivity index (χ0n) is 19.6. The van der Waals surface area contributed by atoms with Crippen LogP contribution in [-0.4, -0.2) is 81.0 Å². The number of carboxylic acid groups (broad SMARTS) is 3. The molecule has 10 N–H and O–H groups in total. The van der Waals surface area contributed by atoms with Gasteiger partial charge in [-0.2, -0.15) is 0 Å². The van der Waals surface area contributed by atoms with E-state index in [2.05, 4.69) is 16.0 Å². The first kappa shape index (κ1) is 30.5. The standard InChI is InChI=1S/C22H29N5O10/c23-12(6-7-17(29)30)19(33)25-13(9-16(24)28)20(34)26-14(10-18(31)32)21(35)27-15(22(36)37)8-11-4-2-1-3-5-11/h1-5,12-15H,6-10,23H2,(H2,24,28)(H,25,33)(H,26,34)(H,27,35)(H,29,30)(H,31,32)(H,36,37). The Labute approximate surface area is 210 Å². The van der Waals surface area contributed by atoms with E-state index in [-0.39, 0.29) is 12.8 Å². The van der Waals surface area contributed by atoms with Gasteiger partial charge in [0.25, 0.3) is 0 Å². The third-order valence-electron chi connectivity index (χ3n) is 4.95. The minimum Gasteiger partial charge on any atom is -0.481 e. The average molecular weight is 523 g/mol. The van der Waals surface area contributed by atoms with Crippen LogP contribution in [-0.2, 0) is 40.0 Å². The molecule has 0 aliphatic heterocycles. The van der Waals surface area contributed by atoms with E-state index in [1.807, 2.05) is 0 Å². The Balaban J connectivity index is 3.00. The van der Waals surface area contributed by atoms with Gasteiger partial charge in [0.15, 0.2) is 0 Å². The van der Waals surface area contributed by atoms with E-state index in [0.717, 1.165) is 0 Å². The fourth-order valence-corrected chi connectivity index (χ4v) is 3.08. The molecule has 1 rings (SSSR count). The van der Waals surface area contributed by atoms with E-state index in [4.69, 9.17) is 16.6 Å². The Bertz CT molecular complexity index is 1020. The molecule has 37 heavy (non-hydrogen) atoms. The lowest BCUT2D eigenvalue weighted by molar-refractivity contribution is -0.144. The number of aliphatic carboxylic acids is 3. The van der Waals surface area contributed by atoms with E-state index < -0.39 is 85.0 Å². The van der Waals surface area contributed by atoms with E-state index in [0.29, 0.717) is 5.56 Å². The Morgan fingerprint density at radius 1 is 0.730 bits per heavy atom. The van der Waals surface area contributed by atoms with Crippen molar-refractivity contribution in [2.75, 3.05) is 0 Å². The number of hydrogen-bond donors (Lipinski definition) is 8. The van der Waals surface area contributed by atoms with Gasteiger partial charge in [0.2, 0.25) is 23.6 Å². The van der Waals surface area contributed by atoms with Crippen LogP contribution in [0.25, 0.3) is 0 Å². The lowest BCUT2D eigenvalue weighted by Crippen LogP contribution is -2.58. The van der Waals surface area contributed by atoms with Gasteiger partial charge in [0.05, 0.1) is 18.9 Å². The highest BCUT2D eigenvalue weighted by atomic mass is 16.4. The number of amides is 4. The van der Waals surface area contributed by atoms with Gasteiger partial charge in [0.1, 0.15) is 18.1 Å². The summed E-state index contributed by atoms with van der Waals surface area (Å²) in [6.07, 6.45) is -2.57. The smallest absolute Gasteiger partial charge is 0.326 e. The second-order valence-electron chi connectivity index (χ2n) is 8.02. The van der Waals surface area contributed by atoms with Gasteiger partial charge < -0.3 is 42.7 Å². The molecule has 4 unspecified atom stereocenters. The number of hydrogen-bond acceptors (Lipinski definition) is 8. The van der Waals surface area contributed by atoms with E-state index in [1.165, 1.54) is 0 Å². The van der Waals surface area contributed by atoms with Crippen LogP contribution in [0.3, 0.4) is 0 Å². The highest BCUT2D eigenvalue weighted by molar-refractivity contribution is 5.97. The van der Waals surface area contributed by atoms with Gasteiger partial charge in [-0.3, -0.25) is 28.8 Å². The van der Waals surface area contributed by atoms with Crippen LogP contribution < -0.4 is 27.4 Å². The van der Waals surface area contributed by atoms with Crippen LogP contribution in [0, 0.1) is 0 Å². The third-order valence-corrected chi connectivity index (χ3v) is 4.95. The normalized spacial score (nSPS) is 13.8. The summed E-state index contributed by atoms with van der Waals surface area (Å²) in [5.41, 5.74) is 11.3. The quantitative estimate of drug-likeness (QED) is 0.110. The summed E-state index contributed by atoms with van der Waals surface area (Å²) in [7, 11) is 0. The summed E-state index contributed by atoms with van der Waals surface area (Å²) in [6, 6.07) is 1.99. The van der Waals surface area contributed by atoms with Gasteiger partial charge in [-0.15, -0.1) is 0 Å². The van der Waals surface area contributed by atoms with Crippen molar-refractivity contribution in [2.24, 2.45) is 11.5 Å². The van der Waals surface area contributed by atoms with Crippen molar-refractivity contribution in [1.82, 2.24) is 16.0 Å². The van der Waals surface area contributed by atoms with Crippen molar-refractivity contribution in [3.05, 3.63) is 35.9 Å². The number of nitrogens with one attached hydrogen (secondary N) is 3. The molecule has 1 aromatic carbocycles. The molecule has 4 atom stereocenters. The number of nitrogens with two attached hydrogens (primary N) is 2. The van der Waals surface area contributed by atoms with Gasteiger partial charge in [0, 0.05) is 12.8 Å². The second-order valence-corrected chi connectivity index (χ2v) is 8.02. The molecule has 202 valence electrons. The monoisotopic (exact) mass is 523 g/mol. The molecule has 0 spiro atoms. The molecule has 0 radical (unpaired) electrons. The molecule has 0 aliphatic carbocycles. The van der Waals surface area contributed by atoms with Crippen molar-refractivity contribution in [3.8, 4) is 0 Å². The molecule has 0 aliphatic rings. The third kappa shape index (κ3) is 11.6. The number of carboxylic acids is 3. The molecule has 0 saturated heterocycles. The van der Waals surface area contributed by atoms with Crippen LogP contribution in [0.1, 0.15) is 31.2 Å². The Morgan fingerprint density at radius 2 is 1.24 bits per heavy atom. The van der Waals surface area contributed by atoms with Crippen LogP contribution in [0.2, 0.25) is 0 Å². The number of rotatable bonds is 16. The highest BCUT2D eigenvalue weighted by Gasteiger charge is 2.32. The van der Waals surface area contributed by atoms with Crippen molar-refractivity contribution in [1.29, 1.82) is 0 Å². The zero-order chi connectivity index (χ0) is 28.1. The lowest BCUT2D eigenvalue weighted by Gasteiger charge is -2.24. The van der Waals surface area contributed by atoms with E-state index >= 15 is 0 Å². The molecule has 0 bridgehead atoms. The first-order valence-corrected chi connectivity index (χ1v) is 11.0. The minimum absolute atomic E-state index is 0.135. The van der Waals surface area contributed by atoms with E-state index in [1.54, 1.807) is 30.3 Å². The SMILES string of the molecule is NC(=O)CC(NC(=O)C(N)CCC(=O)O)C(=O)NC(CC(=O)O)C(=O)NC(Cc1ccccc1)C(=O)O. The molecule has 0 saturated carbocycles. The molecule has 0 fully saturated rings. The van der Waals surface area contributed by atoms with Crippen LogP contribution in [0.4, 0.5) is 0 Å². The Morgan fingerprint density at radius 3 is 1.73 bits per heavy atom. The van der Waals surface area contributed by atoms with Crippen LogP contribution >= 0.6 is 0 Å². The summed E-state index contributed by atoms with van der Waals surface area (Å²) in [6.45, 7) is 0. The van der Waals surface area contributed by atoms with Crippen molar-refractivity contribution < 1.29 is 48.9 Å². The largest absolute Gasteiger partial charge is 0.481 e. The average Bonchev–Trinajstić information content (AvgIpc) is 2.80. The van der Waals surface area contributed by atoms with Crippen molar-refractivity contribution in [3.63, 3.8) is 0 Å². The maximum Gasteiger partial charge on any atom is 0.326 e. The minimum atomic E-state index is -1.78. The topological polar surface area (TPSA) is 268 Å². The molecular formula is C22H29N5O10.